The summed E-state index contributed by atoms with van der Waals surface area (Å²) in [7, 11) is 0. The van der Waals surface area contributed by atoms with Crippen molar-refractivity contribution in [1.29, 1.82) is 0 Å². The van der Waals surface area contributed by atoms with Crippen LogP contribution in [0, 0.1) is 27.3 Å². The third-order valence-corrected chi connectivity index (χ3v) is 8.53. The topological polar surface area (TPSA) is 4.36 Å². The highest BCUT2D eigenvalue weighted by Gasteiger charge is 2.25. The summed E-state index contributed by atoms with van der Waals surface area (Å²) in [4.78, 5) is 3.90. The van der Waals surface area contributed by atoms with Crippen LogP contribution in [0.3, 0.4) is 0 Å². The predicted octanol–water partition coefficient (Wildman–Crippen LogP) is 11.2. The molecule has 4 rings (SSSR count). The van der Waals surface area contributed by atoms with Gasteiger partial charge in [0.15, 0.2) is 0 Å². The van der Waals surface area contributed by atoms with E-state index in [-0.39, 0.29) is 0 Å². The molecule has 0 aliphatic rings. The Labute approximate surface area is 236 Å². The van der Waals surface area contributed by atoms with E-state index in [4.69, 9.17) is 6.57 Å². The van der Waals surface area contributed by atoms with Crippen molar-refractivity contribution in [2.75, 3.05) is 0 Å². The number of aryl methyl sites for hydroxylation is 3. The maximum Gasteiger partial charge on any atom is 0.339 e. The van der Waals surface area contributed by atoms with Crippen LogP contribution < -0.4 is 0 Å². The minimum atomic E-state index is 0.430. The average molecular weight is 515 g/mol. The monoisotopic (exact) mass is 514 g/mol. The van der Waals surface area contributed by atoms with E-state index in [1.165, 1.54) is 38.9 Å². The maximum absolute atomic E-state index is 5.58. The maximum atomic E-state index is 5.58. The van der Waals surface area contributed by atoms with E-state index >= 15 is 0 Å². The van der Waals surface area contributed by atoms with Gasteiger partial charge < -0.3 is 0 Å². The summed E-state index contributed by atoms with van der Waals surface area (Å²) < 4.78 is 0. The number of hydrogen-bond acceptors (Lipinski definition) is 0. The second-order valence-electron chi connectivity index (χ2n) is 11.6. The molecule has 0 bridgehead atoms. The van der Waals surface area contributed by atoms with E-state index in [0.29, 0.717) is 23.7 Å². The molecule has 4 aromatic rings. The van der Waals surface area contributed by atoms with Crippen molar-refractivity contribution in [3.63, 3.8) is 0 Å². The van der Waals surface area contributed by atoms with E-state index in [2.05, 4.69) is 137 Å². The predicted molar refractivity (Wildman–Crippen MR) is 169 cm³/mol. The quantitative estimate of drug-likeness (QED) is 0.187. The molecule has 0 fully saturated rings. The number of hydrogen-bond donors (Lipinski definition) is 0. The zero-order valence-corrected chi connectivity index (χ0v) is 24.4. The van der Waals surface area contributed by atoms with Gasteiger partial charge >= 0.3 is 5.69 Å². The van der Waals surface area contributed by atoms with Crippen molar-refractivity contribution in [2.45, 2.75) is 84.0 Å². The molecular weight excluding hydrogens is 470 g/mol. The van der Waals surface area contributed by atoms with Crippen LogP contribution in [-0.4, -0.2) is 0 Å². The standard InChI is InChI=1S/C38H44N/c1-7-31(33-16-10-28(3)11-17-33)25-37(35-20-22-38(39-6)23-21-35)26-36(34-18-12-29(4)13-19-34)24-30(5)32-14-8-27(2)9-15-32/h6,8-23,30-31,36-37H,7,24-26H2,1-5H3/q+1. The molecule has 0 saturated heterocycles. The molecule has 200 valence electrons. The van der Waals surface area contributed by atoms with Crippen LogP contribution in [0.5, 0.6) is 0 Å². The largest absolute Gasteiger partial charge is 0.339 e. The van der Waals surface area contributed by atoms with Crippen molar-refractivity contribution < 1.29 is 0 Å². The van der Waals surface area contributed by atoms with Crippen LogP contribution in [0.2, 0.25) is 0 Å². The minimum Gasteiger partial charge on any atom is -0.0648 e. The molecule has 0 aliphatic carbocycles. The van der Waals surface area contributed by atoms with E-state index < -0.39 is 0 Å². The van der Waals surface area contributed by atoms with Crippen LogP contribution in [0.1, 0.15) is 102 Å². The van der Waals surface area contributed by atoms with Crippen LogP contribution in [0.15, 0.2) is 97.1 Å². The average Bonchev–Trinajstić information content (AvgIpc) is 2.96. The molecule has 4 unspecified atom stereocenters. The summed E-state index contributed by atoms with van der Waals surface area (Å²) in [5, 5.41) is 0. The summed E-state index contributed by atoms with van der Waals surface area (Å²) in [6.45, 7) is 16.8. The fraction of sp³-hybridized carbons (Fsp3) is 0.342. The highest BCUT2D eigenvalue weighted by molar-refractivity contribution is 5.47. The van der Waals surface area contributed by atoms with Gasteiger partial charge in [-0.2, -0.15) is 0 Å². The molecule has 0 spiro atoms. The molecule has 1 nitrogen and oxygen atoms in total. The number of rotatable bonds is 11. The first-order chi connectivity index (χ1) is 18.9. The fourth-order valence-corrected chi connectivity index (χ4v) is 5.93. The highest BCUT2D eigenvalue weighted by Crippen LogP contribution is 2.42. The Hall–Kier alpha value is -3.63. The molecule has 0 radical (unpaired) electrons. The molecule has 0 amide bonds. The minimum absolute atomic E-state index is 0.430. The van der Waals surface area contributed by atoms with Gasteiger partial charge in [0.05, 0.1) is 0 Å². The Morgan fingerprint density at radius 2 is 0.872 bits per heavy atom. The van der Waals surface area contributed by atoms with Gasteiger partial charge in [-0.25, -0.2) is 0 Å². The van der Waals surface area contributed by atoms with Gasteiger partial charge in [-0.15, -0.1) is 0 Å². The zero-order chi connectivity index (χ0) is 27.8. The zero-order valence-electron chi connectivity index (χ0n) is 24.4. The van der Waals surface area contributed by atoms with Crippen molar-refractivity contribution in [2.24, 2.45) is 0 Å². The van der Waals surface area contributed by atoms with Gasteiger partial charge in [0, 0.05) is 12.1 Å². The van der Waals surface area contributed by atoms with Gasteiger partial charge in [-0.1, -0.05) is 115 Å². The lowest BCUT2D eigenvalue weighted by molar-refractivity contribution is 0.428. The van der Waals surface area contributed by atoms with Crippen molar-refractivity contribution in [1.82, 2.24) is 0 Å². The van der Waals surface area contributed by atoms with Crippen LogP contribution in [-0.2, 0) is 0 Å². The van der Waals surface area contributed by atoms with Crippen molar-refractivity contribution in [3.05, 3.63) is 141 Å². The van der Waals surface area contributed by atoms with Crippen LogP contribution >= 0.6 is 0 Å². The normalized spacial score (nSPS) is 14.3. The fourth-order valence-electron chi connectivity index (χ4n) is 5.93. The Bertz CT molecular complexity index is 1340. The molecule has 39 heavy (non-hydrogen) atoms. The Balaban J connectivity index is 1.68. The first kappa shape index (κ1) is 28.4. The molecule has 0 saturated carbocycles. The summed E-state index contributed by atoms with van der Waals surface area (Å²) in [6, 6.07) is 36.1. The third kappa shape index (κ3) is 7.70. The lowest BCUT2D eigenvalue weighted by Crippen LogP contribution is -2.13. The molecule has 1 heteroatoms. The third-order valence-electron chi connectivity index (χ3n) is 8.53. The van der Waals surface area contributed by atoms with Crippen LogP contribution in [0.4, 0.5) is 5.69 Å². The van der Waals surface area contributed by atoms with Gasteiger partial charge in [-0.05, 0) is 97.2 Å². The van der Waals surface area contributed by atoms with Crippen LogP contribution in [0.25, 0.3) is 4.85 Å². The van der Waals surface area contributed by atoms with E-state index in [1.54, 1.807) is 0 Å². The van der Waals surface area contributed by atoms with E-state index in [0.717, 1.165) is 31.4 Å². The number of nitrogens with zero attached hydrogens (tertiary/aromatic N) is 1. The van der Waals surface area contributed by atoms with Crippen molar-refractivity contribution >= 4 is 5.69 Å². The molecule has 0 N–H and O–H groups in total. The lowest BCUT2D eigenvalue weighted by Gasteiger charge is -2.30. The summed E-state index contributed by atoms with van der Waals surface area (Å²) >= 11 is 0. The molecular formula is C38H44N+. The SMILES string of the molecule is C#[N+]c1ccc(C(CC(CC)c2ccc(C)cc2)CC(CC(C)c2ccc(C)cc2)c2ccc(C)cc2)cc1. The van der Waals surface area contributed by atoms with Gasteiger partial charge in [0.2, 0.25) is 0 Å². The number of benzene rings is 4. The van der Waals surface area contributed by atoms with Crippen molar-refractivity contribution in [3.8, 4) is 6.57 Å². The second kappa shape index (κ2) is 13.4. The molecule has 0 aliphatic heterocycles. The Morgan fingerprint density at radius 3 is 1.31 bits per heavy atom. The summed E-state index contributed by atoms with van der Waals surface area (Å²) in [5.41, 5.74) is 10.5. The lowest BCUT2D eigenvalue weighted by atomic mass is 9.75. The molecule has 4 aromatic carbocycles. The smallest absolute Gasteiger partial charge is 0.0648 e. The first-order valence-corrected chi connectivity index (χ1v) is 14.6. The summed E-state index contributed by atoms with van der Waals surface area (Å²) in [6.07, 6.45) is 4.49. The highest BCUT2D eigenvalue weighted by atomic mass is 14.6. The first-order valence-electron chi connectivity index (χ1n) is 14.6. The van der Waals surface area contributed by atoms with Gasteiger partial charge in [-0.3, -0.25) is 0 Å². The second-order valence-corrected chi connectivity index (χ2v) is 11.6. The summed E-state index contributed by atoms with van der Waals surface area (Å²) in [5.74, 6) is 1.89. The van der Waals surface area contributed by atoms with Gasteiger partial charge in [0.25, 0.3) is 6.57 Å². The Kier molecular flexibility index (Phi) is 9.78. The van der Waals surface area contributed by atoms with Gasteiger partial charge in [0.1, 0.15) is 0 Å². The molecule has 0 heterocycles. The molecule has 4 atom stereocenters. The molecule has 0 aromatic heterocycles. The van der Waals surface area contributed by atoms with E-state index in [9.17, 15) is 0 Å². The van der Waals surface area contributed by atoms with E-state index in [1.807, 2.05) is 0 Å². The Morgan fingerprint density at radius 1 is 0.513 bits per heavy atom.